The lowest BCUT2D eigenvalue weighted by molar-refractivity contribution is 0.0846. The molecule has 0 spiro atoms. The number of nitrogens with one attached hydrogen (secondary N) is 1. The molecule has 0 saturated heterocycles. The Hall–Kier alpha value is -3.46. The first-order valence-electron chi connectivity index (χ1n) is 11.0. The van der Waals surface area contributed by atoms with Crippen molar-refractivity contribution in [2.75, 3.05) is 5.32 Å². The van der Waals surface area contributed by atoms with Crippen LogP contribution in [0.5, 0.6) is 0 Å². The second kappa shape index (κ2) is 7.84. The van der Waals surface area contributed by atoms with Crippen LogP contribution >= 0.6 is 0 Å². The van der Waals surface area contributed by atoms with Crippen LogP contribution in [0.2, 0.25) is 0 Å². The number of nitrogens with zero attached hydrogens (tertiary/aromatic N) is 3. The van der Waals surface area contributed by atoms with Crippen LogP contribution < -0.4 is 5.32 Å². The minimum atomic E-state index is -3.98. The number of carbonyl (C=O) groups is 2. The summed E-state index contributed by atoms with van der Waals surface area (Å²) in [5.41, 5.74) is 2.58. The summed E-state index contributed by atoms with van der Waals surface area (Å²) in [6.45, 7) is 4.24. The lowest BCUT2D eigenvalue weighted by Crippen LogP contribution is -2.36. The molecule has 9 heteroatoms. The Morgan fingerprint density at radius 2 is 1.94 bits per heavy atom. The third kappa shape index (κ3) is 3.62. The molecule has 3 aromatic rings. The number of aromatic nitrogens is 2. The summed E-state index contributed by atoms with van der Waals surface area (Å²) in [5, 5.41) is 2.83. The van der Waals surface area contributed by atoms with E-state index in [0.29, 0.717) is 5.69 Å². The van der Waals surface area contributed by atoms with Crippen LogP contribution in [0, 0.1) is 0 Å². The van der Waals surface area contributed by atoms with E-state index in [4.69, 9.17) is 4.98 Å². The second-order valence-corrected chi connectivity index (χ2v) is 10.4. The molecule has 5 rings (SSSR count). The Balaban J connectivity index is 1.40. The van der Waals surface area contributed by atoms with Crippen molar-refractivity contribution in [3.05, 3.63) is 65.6 Å². The molecule has 0 bridgehead atoms. The molecule has 0 fully saturated rings. The van der Waals surface area contributed by atoms with Gasteiger partial charge < -0.3 is 9.88 Å². The molecule has 1 aromatic heterocycles. The van der Waals surface area contributed by atoms with Crippen LogP contribution in [-0.4, -0.2) is 40.1 Å². The molecular weight excluding hydrogens is 440 g/mol. The summed E-state index contributed by atoms with van der Waals surface area (Å²) in [7, 11) is -3.98. The number of carbonyl (C=O) groups excluding carboxylic acids is 2. The molecule has 0 atom stereocenters. The zero-order chi connectivity index (χ0) is 23.3. The highest BCUT2D eigenvalue weighted by atomic mass is 32.2. The zero-order valence-corrected chi connectivity index (χ0v) is 19.2. The third-order valence-electron chi connectivity index (χ3n) is 6.01. The van der Waals surface area contributed by atoms with Crippen molar-refractivity contribution >= 4 is 27.5 Å². The van der Waals surface area contributed by atoms with Crippen molar-refractivity contribution in [2.45, 2.75) is 50.6 Å². The predicted molar refractivity (Wildman–Crippen MR) is 123 cm³/mol. The molecule has 2 aromatic carbocycles. The number of anilines is 1. The van der Waals surface area contributed by atoms with Crippen molar-refractivity contribution < 1.29 is 18.0 Å². The molecule has 33 heavy (non-hydrogen) atoms. The van der Waals surface area contributed by atoms with Crippen molar-refractivity contribution in [3.63, 3.8) is 0 Å². The van der Waals surface area contributed by atoms with Crippen LogP contribution in [0.1, 0.15) is 53.2 Å². The maximum atomic E-state index is 12.9. The predicted octanol–water partition coefficient (Wildman–Crippen LogP) is 3.69. The van der Waals surface area contributed by atoms with Gasteiger partial charge in [0.05, 0.1) is 11.3 Å². The van der Waals surface area contributed by atoms with Gasteiger partial charge in [-0.25, -0.2) is 17.7 Å². The van der Waals surface area contributed by atoms with Crippen LogP contribution in [0.4, 0.5) is 5.69 Å². The maximum absolute atomic E-state index is 12.9. The molecule has 0 radical (unpaired) electrons. The number of hydrogen-bond acceptors (Lipinski definition) is 5. The van der Waals surface area contributed by atoms with E-state index < -0.39 is 27.9 Å². The van der Waals surface area contributed by atoms with E-state index in [-0.39, 0.29) is 16.0 Å². The SMILES string of the molecule is CC(C)N1C(=O)c2ccc(C(=O)Nc3cccc(-c4cn5c(n4)CCCC5)c3)cc2S1(=O)=O. The van der Waals surface area contributed by atoms with Crippen molar-refractivity contribution in [1.82, 2.24) is 13.9 Å². The standard InChI is InChI=1S/C24H24N4O4S/c1-15(2)28-24(30)19-10-9-17(13-21(19)33(28,31)32)23(29)25-18-7-5-6-16(12-18)20-14-27-11-4-3-8-22(27)26-20/h5-7,9-10,12-15H,3-4,8,11H2,1-2H3,(H,25,29). The van der Waals surface area contributed by atoms with Crippen molar-refractivity contribution in [3.8, 4) is 11.3 Å². The number of benzene rings is 2. The van der Waals surface area contributed by atoms with Gasteiger partial charge >= 0.3 is 0 Å². The largest absolute Gasteiger partial charge is 0.334 e. The number of imidazole rings is 1. The van der Waals surface area contributed by atoms with Gasteiger partial charge in [-0.3, -0.25) is 9.59 Å². The minimum Gasteiger partial charge on any atom is -0.334 e. The first-order chi connectivity index (χ1) is 15.8. The Labute approximate surface area is 192 Å². The summed E-state index contributed by atoms with van der Waals surface area (Å²) in [4.78, 5) is 30.0. The Morgan fingerprint density at radius 1 is 1.12 bits per heavy atom. The van der Waals surface area contributed by atoms with Crippen LogP contribution in [0.25, 0.3) is 11.3 Å². The number of fused-ring (bicyclic) bond motifs is 2. The maximum Gasteiger partial charge on any atom is 0.269 e. The molecule has 2 aliphatic rings. The van der Waals surface area contributed by atoms with Gasteiger partial charge in [0.2, 0.25) is 0 Å². The molecule has 0 aliphatic carbocycles. The molecular formula is C24H24N4O4S. The summed E-state index contributed by atoms with van der Waals surface area (Å²) in [5.74, 6) is 0.0576. The third-order valence-corrected chi connectivity index (χ3v) is 8.00. The highest BCUT2D eigenvalue weighted by molar-refractivity contribution is 7.90. The number of hydrogen-bond donors (Lipinski definition) is 1. The van der Waals surface area contributed by atoms with Gasteiger partial charge in [-0.15, -0.1) is 0 Å². The Bertz CT molecular complexity index is 1370. The Morgan fingerprint density at radius 3 is 2.70 bits per heavy atom. The summed E-state index contributed by atoms with van der Waals surface area (Å²) in [6.07, 6.45) is 5.30. The molecule has 8 nitrogen and oxygen atoms in total. The van der Waals surface area contributed by atoms with Gasteiger partial charge in [0.15, 0.2) is 0 Å². The molecule has 1 N–H and O–H groups in total. The minimum absolute atomic E-state index is 0.0889. The highest BCUT2D eigenvalue weighted by Gasteiger charge is 2.42. The van der Waals surface area contributed by atoms with E-state index in [0.717, 1.165) is 47.2 Å². The first-order valence-corrected chi connectivity index (χ1v) is 12.4. The summed E-state index contributed by atoms with van der Waals surface area (Å²) >= 11 is 0. The van der Waals surface area contributed by atoms with Crippen molar-refractivity contribution in [1.29, 1.82) is 0 Å². The number of amides is 2. The quantitative estimate of drug-likeness (QED) is 0.635. The number of rotatable bonds is 4. The smallest absolute Gasteiger partial charge is 0.269 e. The second-order valence-electron chi connectivity index (χ2n) is 8.64. The molecule has 2 amide bonds. The lowest BCUT2D eigenvalue weighted by atomic mass is 10.1. The number of sulfonamides is 1. The van der Waals surface area contributed by atoms with Gasteiger partial charge in [0, 0.05) is 42.0 Å². The molecule has 0 unspecified atom stereocenters. The van der Waals surface area contributed by atoms with Crippen molar-refractivity contribution in [2.24, 2.45) is 0 Å². The van der Waals surface area contributed by atoms with Crippen LogP contribution in [0.15, 0.2) is 53.6 Å². The van der Waals surface area contributed by atoms with E-state index >= 15 is 0 Å². The monoisotopic (exact) mass is 464 g/mol. The molecule has 3 heterocycles. The van der Waals surface area contributed by atoms with Gasteiger partial charge in [-0.1, -0.05) is 12.1 Å². The van der Waals surface area contributed by atoms with Crippen LogP contribution in [0.3, 0.4) is 0 Å². The summed E-state index contributed by atoms with van der Waals surface area (Å²) < 4.78 is 28.7. The fourth-order valence-corrected chi connectivity index (χ4v) is 6.20. The first kappa shape index (κ1) is 21.4. The van der Waals surface area contributed by atoms with E-state index in [1.165, 1.54) is 18.2 Å². The van der Waals surface area contributed by atoms with Gasteiger partial charge in [0.25, 0.3) is 21.8 Å². The summed E-state index contributed by atoms with van der Waals surface area (Å²) in [6, 6.07) is 11.0. The molecule has 0 saturated carbocycles. The van der Waals surface area contributed by atoms with Gasteiger partial charge in [0.1, 0.15) is 10.7 Å². The van der Waals surface area contributed by atoms with Gasteiger partial charge in [-0.05, 0) is 57.0 Å². The zero-order valence-electron chi connectivity index (χ0n) is 18.4. The van der Waals surface area contributed by atoms with Crippen LogP contribution in [-0.2, 0) is 23.0 Å². The topological polar surface area (TPSA) is 101 Å². The average molecular weight is 465 g/mol. The van der Waals surface area contributed by atoms with E-state index in [1.54, 1.807) is 19.9 Å². The van der Waals surface area contributed by atoms with E-state index in [1.807, 2.05) is 24.4 Å². The molecule has 2 aliphatic heterocycles. The normalized spacial score (nSPS) is 16.6. The highest BCUT2D eigenvalue weighted by Crippen LogP contribution is 2.33. The van der Waals surface area contributed by atoms with E-state index in [9.17, 15) is 18.0 Å². The Kier molecular flexibility index (Phi) is 5.08. The molecule has 170 valence electrons. The fraction of sp³-hybridized carbons (Fsp3) is 0.292. The number of aryl methyl sites for hydroxylation is 2. The fourth-order valence-electron chi connectivity index (χ4n) is 4.41. The average Bonchev–Trinajstić information content (AvgIpc) is 3.30. The van der Waals surface area contributed by atoms with Gasteiger partial charge in [-0.2, -0.15) is 0 Å². The lowest BCUT2D eigenvalue weighted by Gasteiger charge is -2.18. The van der Waals surface area contributed by atoms with E-state index in [2.05, 4.69) is 9.88 Å².